The van der Waals surface area contributed by atoms with Crippen LogP contribution < -0.4 is 10.6 Å². The zero-order chi connectivity index (χ0) is 20.0. The molecule has 9 nitrogen and oxygen atoms in total. The number of nitrogens with one attached hydrogen (secondary N) is 3. The number of rotatable bonds is 4. The number of hydrogen-bond acceptors (Lipinski definition) is 7. The van der Waals surface area contributed by atoms with Crippen LogP contribution in [0.25, 0.3) is 10.2 Å². The maximum atomic E-state index is 11.6. The molecule has 0 aromatic carbocycles. The highest BCUT2D eigenvalue weighted by molar-refractivity contribution is 7.16. The number of piperidine rings is 2. The quantitative estimate of drug-likeness (QED) is 0.511. The lowest BCUT2D eigenvalue weighted by molar-refractivity contribution is 0.0385. The first-order chi connectivity index (χ1) is 14.1. The third-order valence-electron chi connectivity index (χ3n) is 5.81. The molecule has 4 N–H and O–H groups in total. The summed E-state index contributed by atoms with van der Waals surface area (Å²) in [6.07, 6.45) is 3.73. The Kier molecular flexibility index (Phi) is 4.50. The molecular weight excluding hydrogens is 390 g/mol. The van der Waals surface area contributed by atoms with Crippen LogP contribution in [0.15, 0.2) is 17.5 Å². The van der Waals surface area contributed by atoms with Crippen LogP contribution in [-0.2, 0) is 0 Å². The lowest BCUT2D eigenvalue weighted by atomic mass is 9.82. The molecule has 2 saturated heterocycles. The van der Waals surface area contributed by atoms with E-state index >= 15 is 0 Å². The molecule has 29 heavy (non-hydrogen) atoms. The smallest absolute Gasteiger partial charge is 0.407 e. The van der Waals surface area contributed by atoms with Gasteiger partial charge in [0.1, 0.15) is 10.6 Å². The van der Waals surface area contributed by atoms with E-state index in [4.69, 9.17) is 4.98 Å². The number of nitrogens with zero attached hydrogens (tertiary/aromatic N) is 4. The van der Waals surface area contributed by atoms with Gasteiger partial charge in [0.25, 0.3) is 0 Å². The summed E-state index contributed by atoms with van der Waals surface area (Å²) in [7, 11) is 0. The van der Waals surface area contributed by atoms with E-state index in [0.29, 0.717) is 17.6 Å². The lowest BCUT2D eigenvalue weighted by Crippen LogP contribution is -2.56. The van der Waals surface area contributed by atoms with Crippen LogP contribution in [0.4, 0.5) is 22.4 Å². The van der Waals surface area contributed by atoms with Gasteiger partial charge in [-0.1, -0.05) is 0 Å². The maximum absolute atomic E-state index is 11.6. The molecule has 0 spiro atoms. The Balaban J connectivity index is 1.39. The fraction of sp³-hybridized carbons (Fsp3) is 0.474. The number of fused-ring (bicyclic) bond motifs is 3. The monoisotopic (exact) mass is 413 g/mol. The first kappa shape index (κ1) is 18.2. The van der Waals surface area contributed by atoms with Crippen molar-refractivity contribution >= 4 is 45.2 Å². The second-order valence-electron chi connectivity index (χ2n) is 7.84. The van der Waals surface area contributed by atoms with Crippen LogP contribution in [-0.4, -0.2) is 54.4 Å². The van der Waals surface area contributed by atoms with Crippen molar-refractivity contribution < 1.29 is 9.90 Å². The number of anilines is 3. The van der Waals surface area contributed by atoms with Gasteiger partial charge in [0, 0.05) is 29.9 Å². The largest absolute Gasteiger partial charge is 0.465 e. The number of carbonyl (C=O) groups is 1. The number of carboxylic acid groups (broad SMARTS) is 1. The minimum absolute atomic E-state index is 0.0765. The zero-order valence-electron chi connectivity index (χ0n) is 16.1. The Morgan fingerprint density at radius 3 is 2.79 bits per heavy atom. The maximum Gasteiger partial charge on any atom is 0.407 e. The molecule has 10 heteroatoms. The number of hydrogen-bond donors (Lipinski definition) is 4. The number of aryl methyl sites for hydroxylation is 1. The number of aromatic amines is 1. The lowest BCUT2D eigenvalue weighted by Gasteiger charge is -2.47. The first-order valence-electron chi connectivity index (χ1n) is 9.89. The van der Waals surface area contributed by atoms with Crippen LogP contribution >= 0.6 is 11.3 Å². The molecule has 0 aliphatic carbocycles. The number of aromatic nitrogens is 4. The van der Waals surface area contributed by atoms with Gasteiger partial charge in [0.05, 0.1) is 5.39 Å². The SMILES string of the molecule is Cc1cc(Nc2nc(NC3CC4CCCC(C3)N4C(=O)O)nc3sccc23)n[nH]1. The van der Waals surface area contributed by atoms with Crippen molar-refractivity contribution in [1.82, 2.24) is 25.1 Å². The van der Waals surface area contributed by atoms with Crippen molar-refractivity contribution in [3.63, 3.8) is 0 Å². The summed E-state index contributed by atoms with van der Waals surface area (Å²) in [6, 6.07) is 4.25. The van der Waals surface area contributed by atoms with Crippen LogP contribution in [0.3, 0.4) is 0 Å². The summed E-state index contributed by atoms with van der Waals surface area (Å²) in [5.41, 5.74) is 0.971. The molecule has 2 atom stereocenters. The fourth-order valence-corrected chi connectivity index (χ4v) is 5.38. The van der Waals surface area contributed by atoms with Crippen molar-refractivity contribution in [3.05, 3.63) is 23.2 Å². The average Bonchev–Trinajstić information content (AvgIpc) is 3.29. The van der Waals surface area contributed by atoms with Crippen molar-refractivity contribution in [2.45, 2.75) is 57.2 Å². The second-order valence-corrected chi connectivity index (χ2v) is 8.73. The molecular formula is C19H23N7O2S. The molecule has 2 aliphatic rings. The Morgan fingerprint density at radius 2 is 2.10 bits per heavy atom. The number of amides is 1. The molecule has 0 saturated carbocycles. The van der Waals surface area contributed by atoms with Gasteiger partial charge in [-0.15, -0.1) is 11.3 Å². The van der Waals surface area contributed by atoms with Crippen LogP contribution in [0.1, 0.15) is 37.8 Å². The van der Waals surface area contributed by atoms with Gasteiger partial charge in [-0.2, -0.15) is 10.1 Å². The van der Waals surface area contributed by atoms with Gasteiger partial charge in [0.2, 0.25) is 5.95 Å². The Hall–Kier alpha value is -2.88. The van der Waals surface area contributed by atoms with Crippen molar-refractivity contribution in [1.29, 1.82) is 0 Å². The fourth-order valence-electron chi connectivity index (χ4n) is 4.61. The minimum atomic E-state index is -0.796. The molecule has 5 rings (SSSR count). The molecule has 0 radical (unpaired) electrons. The highest BCUT2D eigenvalue weighted by atomic mass is 32.1. The second kappa shape index (κ2) is 7.18. The summed E-state index contributed by atoms with van der Waals surface area (Å²) in [5, 5.41) is 26.4. The van der Waals surface area contributed by atoms with Crippen molar-refractivity contribution in [2.75, 3.05) is 10.6 Å². The Morgan fingerprint density at radius 1 is 1.31 bits per heavy atom. The van der Waals surface area contributed by atoms with E-state index in [9.17, 15) is 9.90 Å². The van der Waals surface area contributed by atoms with E-state index < -0.39 is 6.09 Å². The third-order valence-corrected chi connectivity index (χ3v) is 6.61. The summed E-state index contributed by atoms with van der Waals surface area (Å²) in [4.78, 5) is 23.6. The van der Waals surface area contributed by atoms with Crippen LogP contribution in [0.5, 0.6) is 0 Å². The molecule has 3 aromatic rings. The van der Waals surface area contributed by atoms with Gasteiger partial charge in [-0.25, -0.2) is 9.78 Å². The summed E-state index contributed by atoms with van der Waals surface area (Å²) in [6.45, 7) is 1.95. The van der Waals surface area contributed by atoms with Crippen molar-refractivity contribution in [2.24, 2.45) is 0 Å². The highest BCUT2D eigenvalue weighted by Crippen LogP contribution is 2.35. The number of thiophene rings is 1. The molecule has 152 valence electrons. The Labute approximate surface area is 171 Å². The van der Waals surface area contributed by atoms with Crippen molar-refractivity contribution in [3.8, 4) is 0 Å². The summed E-state index contributed by atoms with van der Waals surface area (Å²) in [5.74, 6) is 2.00. The van der Waals surface area contributed by atoms with E-state index in [0.717, 1.165) is 48.0 Å². The van der Waals surface area contributed by atoms with Gasteiger partial charge in [-0.05, 0) is 50.5 Å². The normalized spacial score (nSPS) is 23.9. The predicted molar refractivity (Wildman–Crippen MR) is 112 cm³/mol. The molecule has 3 aromatic heterocycles. The topological polar surface area (TPSA) is 119 Å². The molecule has 2 aliphatic heterocycles. The van der Waals surface area contributed by atoms with E-state index in [2.05, 4.69) is 25.8 Å². The first-order valence-corrected chi connectivity index (χ1v) is 10.8. The molecule has 5 heterocycles. The van der Waals surface area contributed by atoms with Gasteiger partial charge < -0.3 is 20.6 Å². The summed E-state index contributed by atoms with van der Waals surface area (Å²) >= 11 is 1.57. The predicted octanol–water partition coefficient (Wildman–Crippen LogP) is 3.94. The highest BCUT2D eigenvalue weighted by Gasteiger charge is 2.41. The number of H-pyrrole nitrogens is 1. The minimum Gasteiger partial charge on any atom is -0.465 e. The Bertz CT molecular complexity index is 1030. The van der Waals surface area contributed by atoms with E-state index in [1.165, 1.54) is 0 Å². The van der Waals surface area contributed by atoms with Crippen LogP contribution in [0, 0.1) is 6.92 Å². The summed E-state index contributed by atoms with van der Waals surface area (Å²) < 4.78 is 0. The van der Waals surface area contributed by atoms with E-state index in [1.54, 1.807) is 16.2 Å². The van der Waals surface area contributed by atoms with E-state index in [1.807, 2.05) is 24.4 Å². The van der Waals surface area contributed by atoms with Crippen LogP contribution in [0.2, 0.25) is 0 Å². The standard InChI is InChI=1S/C19H23N7O2S/c1-10-7-15(25-24-10)21-16-14-5-6-29-17(14)23-18(22-16)20-11-8-12-3-2-4-13(9-11)26(12)19(27)28/h5-7,11-13H,2-4,8-9H2,1H3,(H,27,28)(H3,20,21,22,23,24,25). The molecule has 2 unspecified atom stereocenters. The molecule has 2 bridgehead atoms. The van der Waals surface area contributed by atoms with Gasteiger partial charge in [0.15, 0.2) is 5.82 Å². The molecule has 1 amide bonds. The molecule has 2 fully saturated rings. The third kappa shape index (κ3) is 3.48. The van der Waals surface area contributed by atoms with Gasteiger partial charge >= 0.3 is 6.09 Å². The van der Waals surface area contributed by atoms with Gasteiger partial charge in [-0.3, -0.25) is 5.10 Å². The average molecular weight is 414 g/mol. The zero-order valence-corrected chi connectivity index (χ0v) is 16.9. The van der Waals surface area contributed by atoms with E-state index in [-0.39, 0.29) is 18.1 Å².